The van der Waals surface area contributed by atoms with Crippen molar-refractivity contribution in [3.63, 3.8) is 0 Å². The average molecular weight is 428 g/mol. The summed E-state index contributed by atoms with van der Waals surface area (Å²) >= 11 is 0. The Bertz CT molecular complexity index is 1280. The standard InChI is InChI=1S/C24H20N4O4/c1-15-20(16-7-4-3-5-8-16)27-31-21(15)23-26-22(28-32-23)17-10-12-18(13-11-17)24(2,30)19(29)9-6-14-25/h3-5,7-8,10-13,30H,6,9H2,1-2H3. The van der Waals surface area contributed by atoms with E-state index in [1.165, 1.54) is 6.92 Å². The highest BCUT2D eigenvalue weighted by Gasteiger charge is 2.31. The molecule has 1 unspecified atom stereocenters. The van der Waals surface area contributed by atoms with Crippen molar-refractivity contribution >= 4 is 5.78 Å². The molecule has 0 aliphatic rings. The second-order valence-electron chi connectivity index (χ2n) is 7.51. The van der Waals surface area contributed by atoms with Gasteiger partial charge in [-0.05, 0) is 19.4 Å². The molecule has 2 aromatic heterocycles. The summed E-state index contributed by atoms with van der Waals surface area (Å²) in [5.74, 6) is 0.517. The van der Waals surface area contributed by atoms with Crippen LogP contribution in [-0.2, 0) is 10.4 Å². The molecule has 0 saturated heterocycles. The maximum Gasteiger partial charge on any atom is 0.297 e. The third kappa shape index (κ3) is 3.94. The number of hydrogen-bond acceptors (Lipinski definition) is 8. The highest BCUT2D eigenvalue weighted by Crippen LogP contribution is 2.32. The zero-order chi connectivity index (χ0) is 22.7. The molecule has 0 fully saturated rings. The van der Waals surface area contributed by atoms with Crippen LogP contribution in [0.3, 0.4) is 0 Å². The lowest BCUT2D eigenvalue weighted by atomic mass is 9.89. The van der Waals surface area contributed by atoms with Gasteiger partial charge in [-0.25, -0.2) is 0 Å². The first-order chi connectivity index (χ1) is 15.4. The number of carbonyl (C=O) groups is 1. The number of carbonyl (C=O) groups excluding carboxylic acids is 1. The van der Waals surface area contributed by atoms with Crippen LogP contribution in [0.5, 0.6) is 0 Å². The predicted octanol–water partition coefficient (Wildman–Crippen LogP) is 4.45. The van der Waals surface area contributed by atoms with Crippen molar-refractivity contribution in [3.8, 4) is 40.4 Å². The molecule has 32 heavy (non-hydrogen) atoms. The molecule has 2 heterocycles. The minimum Gasteiger partial charge on any atom is -0.378 e. The zero-order valence-electron chi connectivity index (χ0n) is 17.6. The Morgan fingerprint density at radius 2 is 1.78 bits per heavy atom. The largest absolute Gasteiger partial charge is 0.378 e. The molecule has 2 aromatic carbocycles. The van der Waals surface area contributed by atoms with E-state index < -0.39 is 11.4 Å². The Hall–Kier alpha value is -4.09. The summed E-state index contributed by atoms with van der Waals surface area (Å²) in [7, 11) is 0. The van der Waals surface area contributed by atoms with E-state index >= 15 is 0 Å². The van der Waals surface area contributed by atoms with Crippen LogP contribution in [0.25, 0.3) is 34.3 Å². The topological polar surface area (TPSA) is 126 Å². The minimum absolute atomic E-state index is 0.0129. The summed E-state index contributed by atoms with van der Waals surface area (Å²) in [6.45, 7) is 3.30. The highest BCUT2D eigenvalue weighted by molar-refractivity contribution is 5.88. The van der Waals surface area contributed by atoms with Gasteiger partial charge in [0, 0.05) is 29.5 Å². The third-order valence-electron chi connectivity index (χ3n) is 5.30. The lowest BCUT2D eigenvalue weighted by Crippen LogP contribution is -2.32. The van der Waals surface area contributed by atoms with Gasteiger partial charge in [0.15, 0.2) is 5.78 Å². The Balaban J connectivity index is 1.57. The van der Waals surface area contributed by atoms with Crippen molar-refractivity contribution in [2.45, 2.75) is 32.3 Å². The van der Waals surface area contributed by atoms with Crippen molar-refractivity contribution in [1.82, 2.24) is 15.3 Å². The first-order valence-corrected chi connectivity index (χ1v) is 10.0. The van der Waals surface area contributed by atoms with E-state index in [2.05, 4.69) is 15.3 Å². The molecule has 0 amide bonds. The second kappa shape index (κ2) is 8.57. The second-order valence-corrected chi connectivity index (χ2v) is 7.51. The van der Waals surface area contributed by atoms with Crippen LogP contribution >= 0.6 is 0 Å². The predicted molar refractivity (Wildman–Crippen MR) is 115 cm³/mol. The van der Waals surface area contributed by atoms with Crippen molar-refractivity contribution < 1.29 is 18.9 Å². The van der Waals surface area contributed by atoms with Gasteiger partial charge in [-0.3, -0.25) is 4.79 Å². The Kier molecular flexibility index (Phi) is 5.67. The van der Waals surface area contributed by atoms with Crippen LogP contribution in [-0.4, -0.2) is 26.2 Å². The van der Waals surface area contributed by atoms with E-state index in [4.69, 9.17) is 14.3 Å². The first-order valence-electron chi connectivity index (χ1n) is 10.0. The number of aromatic nitrogens is 3. The fourth-order valence-corrected chi connectivity index (χ4v) is 3.35. The quantitative estimate of drug-likeness (QED) is 0.457. The van der Waals surface area contributed by atoms with Crippen LogP contribution in [0.15, 0.2) is 63.6 Å². The molecule has 0 aliphatic heterocycles. The monoisotopic (exact) mass is 428 g/mol. The Morgan fingerprint density at radius 3 is 2.47 bits per heavy atom. The summed E-state index contributed by atoms with van der Waals surface area (Å²) in [6.07, 6.45) is 0.0483. The number of nitrogens with zero attached hydrogens (tertiary/aromatic N) is 4. The molecule has 0 spiro atoms. The van der Waals surface area contributed by atoms with Gasteiger partial charge in [-0.1, -0.05) is 64.9 Å². The molecular formula is C24H20N4O4. The van der Waals surface area contributed by atoms with E-state index in [-0.39, 0.29) is 18.7 Å². The molecule has 1 atom stereocenters. The number of Topliss-reactive ketones (excluding diaryl/α,β-unsaturated/α-hetero) is 1. The number of hydrogen-bond donors (Lipinski definition) is 1. The number of rotatable bonds is 7. The van der Waals surface area contributed by atoms with E-state index in [0.29, 0.717) is 28.4 Å². The molecule has 4 aromatic rings. The van der Waals surface area contributed by atoms with Crippen LogP contribution in [0.4, 0.5) is 0 Å². The van der Waals surface area contributed by atoms with Gasteiger partial charge in [0.2, 0.25) is 11.6 Å². The van der Waals surface area contributed by atoms with Gasteiger partial charge < -0.3 is 14.2 Å². The SMILES string of the molecule is Cc1c(-c2ccccc2)noc1-c1nc(-c2ccc(C(C)(O)C(=O)CCC#N)cc2)no1. The molecule has 8 nitrogen and oxygen atoms in total. The summed E-state index contributed by atoms with van der Waals surface area (Å²) in [4.78, 5) is 16.6. The molecule has 0 bridgehead atoms. The molecular weight excluding hydrogens is 408 g/mol. The van der Waals surface area contributed by atoms with Crippen LogP contribution in [0, 0.1) is 18.3 Å². The summed E-state index contributed by atoms with van der Waals surface area (Å²) in [6, 6.07) is 18.2. The van der Waals surface area contributed by atoms with Crippen LogP contribution in [0.2, 0.25) is 0 Å². The molecule has 4 rings (SSSR count). The van der Waals surface area contributed by atoms with Crippen molar-refractivity contribution in [2.24, 2.45) is 0 Å². The van der Waals surface area contributed by atoms with Gasteiger partial charge in [0.05, 0.1) is 6.07 Å². The normalized spacial score (nSPS) is 12.8. The lowest BCUT2D eigenvalue weighted by Gasteiger charge is -2.22. The minimum atomic E-state index is -1.68. The fraction of sp³-hybridized carbons (Fsp3) is 0.208. The summed E-state index contributed by atoms with van der Waals surface area (Å²) in [5.41, 5.74) is 1.80. The molecule has 0 saturated carbocycles. The van der Waals surface area contributed by atoms with Crippen LogP contribution in [0.1, 0.15) is 30.9 Å². The van der Waals surface area contributed by atoms with E-state index in [1.54, 1.807) is 24.3 Å². The molecule has 0 aliphatic carbocycles. The van der Waals surface area contributed by atoms with Gasteiger partial charge >= 0.3 is 0 Å². The first kappa shape index (κ1) is 21.2. The summed E-state index contributed by atoms with van der Waals surface area (Å²) < 4.78 is 10.9. The molecule has 0 radical (unpaired) electrons. The number of nitriles is 1. The Morgan fingerprint density at radius 1 is 1.06 bits per heavy atom. The number of aliphatic hydroxyl groups is 1. The molecule has 160 valence electrons. The number of ketones is 1. The van der Waals surface area contributed by atoms with Gasteiger partial charge in [-0.15, -0.1) is 0 Å². The van der Waals surface area contributed by atoms with Crippen molar-refractivity contribution in [1.29, 1.82) is 5.26 Å². The van der Waals surface area contributed by atoms with Gasteiger partial charge in [0.1, 0.15) is 11.3 Å². The summed E-state index contributed by atoms with van der Waals surface area (Å²) in [5, 5.41) is 27.4. The maximum absolute atomic E-state index is 12.2. The van der Waals surface area contributed by atoms with Crippen molar-refractivity contribution in [3.05, 3.63) is 65.7 Å². The van der Waals surface area contributed by atoms with Gasteiger partial charge in [-0.2, -0.15) is 10.2 Å². The number of benzene rings is 2. The van der Waals surface area contributed by atoms with Crippen molar-refractivity contribution in [2.75, 3.05) is 0 Å². The molecule has 8 heteroatoms. The Labute approximate surface area is 184 Å². The smallest absolute Gasteiger partial charge is 0.297 e. The lowest BCUT2D eigenvalue weighted by molar-refractivity contribution is -0.136. The van der Waals surface area contributed by atoms with E-state index in [0.717, 1.165) is 11.1 Å². The highest BCUT2D eigenvalue weighted by atomic mass is 16.5. The van der Waals surface area contributed by atoms with Gasteiger partial charge in [0.25, 0.3) is 5.89 Å². The third-order valence-corrected chi connectivity index (χ3v) is 5.30. The fourth-order valence-electron chi connectivity index (χ4n) is 3.35. The maximum atomic E-state index is 12.2. The average Bonchev–Trinajstić information content (AvgIpc) is 3.45. The van der Waals surface area contributed by atoms with Crippen LogP contribution < -0.4 is 0 Å². The van der Waals surface area contributed by atoms with E-state index in [9.17, 15) is 9.90 Å². The molecule has 1 N–H and O–H groups in total. The van der Waals surface area contributed by atoms with E-state index in [1.807, 2.05) is 43.3 Å². The zero-order valence-corrected chi connectivity index (χ0v) is 17.6.